The van der Waals surface area contributed by atoms with Gasteiger partial charge in [0.2, 0.25) is 0 Å². The molecule has 3 N–H and O–H groups in total. The molecule has 0 saturated heterocycles. The minimum Gasteiger partial charge on any atom is -0.507 e. The van der Waals surface area contributed by atoms with Gasteiger partial charge < -0.3 is 10.9 Å². The monoisotopic (exact) mass is 195 g/mol. The third kappa shape index (κ3) is 1.79. The Kier molecular flexibility index (Phi) is 2.66. The molecule has 0 amide bonds. The highest BCUT2D eigenvalue weighted by atomic mass is 16.6. The summed E-state index contributed by atoms with van der Waals surface area (Å²) in [5.74, 6) is 4.84. The van der Waals surface area contributed by atoms with E-state index in [1.165, 1.54) is 12.1 Å². The molecule has 0 radical (unpaired) electrons. The van der Waals surface area contributed by atoms with Crippen molar-refractivity contribution < 1.29 is 10.0 Å². The molecule has 6 heteroatoms. The molecule has 1 rings (SSSR count). The largest absolute Gasteiger partial charge is 0.507 e. The van der Waals surface area contributed by atoms with Crippen molar-refractivity contribution in [2.75, 3.05) is 0 Å². The van der Waals surface area contributed by atoms with Gasteiger partial charge in [0.1, 0.15) is 5.75 Å². The molecule has 0 aromatic heterocycles. The number of benzene rings is 1. The lowest BCUT2D eigenvalue weighted by atomic mass is 10.1. The van der Waals surface area contributed by atoms with Crippen LogP contribution in [0.2, 0.25) is 0 Å². The number of nitro groups is 1. The highest BCUT2D eigenvalue weighted by Gasteiger charge is 2.12. The molecule has 1 aromatic carbocycles. The number of nitrogens with zero attached hydrogens (tertiary/aromatic N) is 2. The van der Waals surface area contributed by atoms with E-state index in [1.54, 1.807) is 6.92 Å². The van der Waals surface area contributed by atoms with Gasteiger partial charge in [-0.1, -0.05) is 0 Å². The Hall–Kier alpha value is -2.11. The predicted molar refractivity (Wildman–Crippen MR) is 51.3 cm³/mol. The van der Waals surface area contributed by atoms with Gasteiger partial charge in [-0.2, -0.15) is 5.10 Å². The predicted octanol–water partition coefficient (Wildman–Crippen LogP) is 0.901. The molecule has 0 atom stereocenters. The van der Waals surface area contributed by atoms with Gasteiger partial charge in [-0.25, -0.2) is 0 Å². The molecule has 6 nitrogen and oxygen atoms in total. The van der Waals surface area contributed by atoms with Crippen LogP contribution in [0.15, 0.2) is 17.2 Å². The molecule has 0 bridgehead atoms. The van der Waals surface area contributed by atoms with Gasteiger partial charge in [0.05, 0.1) is 11.1 Å². The van der Waals surface area contributed by atoms with E-state index in [4.69, 9.17) is 5.84 Å². The summed E-state index contributed by atoms with van der Waals surface area (Å²) in [4.78, 5) is 9.93. The average molecular weight is 195 g/mol. The van der Waals surface area contributed by atoms with Crippen LogP contribution in [0, 0.1) is 17.0 Å². The Morgan fingerprint density at radius 3 is 2.79 bits per heavy atom. The number of hydrogen-bond acceptors (Lipinski definition) is 5. The van der Waals surface area contributed by atoms with E-state index in [2.05, 4.69) is 5.10 Å². The van der Waals surface area contributed by atoms with Crippen molar-refractivity contribution in [2.45, 2.75) is 6.92 Å². The summed E-state index contributed by atoms with van der Waals surface area (Å²) in [7, 11) is 0. The second kappa shape index (κ2) is 3.73. The molecule has 1 aromatic rings. The minimum atomic E-state index is -0.541. The van der Waals surface area contributed by atoms with E-state index in [0.717, 1.165) is 6.21 Å². The zero-order chi connectivity index (χ0) is 10.7. The number of phenols is 1. The van der Waals surface area contributed by atoms with E-state index in [9.17, 15) is 15.2 Å². The van der Waals surface area contributed by atoms with Crippen LogP contribution < -0.4 is 5.84 Å². The number of hydrogen-bond donors (Lipinski definition) is 2. The van der Waals surface area contributed by atoms with Gasteiger partial charge >= 0.3 is 0 Å². The molecule has 0 saturated carbocycles. The number of rotatable bonds is 2. The van der Waals surface area contributed by atoms with Crippen LogP contribution in [0.5, 0.6) is 5.75 Å². The Bertz CT molecular complexity index is 401. The van der Waals surface area contributed by atoms with Crippen molar-refractivity contribution in [1.29, 1.82) is 0 Å². The normalized spacial score (nSPS) is 10.6. The van der Waals surface area contributed by atoms with E-state index in [-0.39, 0.29) is 17.0 Å². The lowest BCUT2D eigenvalue weighted by Gasteiger charge is -2.02. The van der Waals surface area contributed by atoms with Crippen LogP contribution in [0.4, 0.5) is 5.69 Å². The summed E-state index contributed by atoms with van der Waals surface area (Å²) in [6, 6.07) is 2.49. The lowest BCUT2D eigenvalue weighted by Crippen LogP contribution is -1.94. The fourth-order valence-corrected chi connectivity index (χ4v) is 1.07. The first-order valence-electron chi connectivity index (χ1n) is 3.77. The fourth-order valence-electron chi connectivity index (χ4n) is 1.07. The highest BCUT2D eigenvalue weighted by molar-refractivity contribution is 5.85. The van der Waals surface area contributed by atoms with Crippen LogP contribution in [-0.2, 0) is 0 Å². The third-order valence-corrected chi connectivity index (χ3v) is 1.74. The molecule has 0 fully saturated rings. The highest BCUT2D eigenvalue weighted by Crippen LogP contribution is 2.26. The molecule has 0 unspecified atom stereocenters. The number of aromatic hydroxyl groups is 1. The Balaban J connectivity index is 3.35. The third-order valence-electron chi connectivity index (χ3n) is 1.74. The van der Waals surface area contributed by atoms with Gasteiger partial charge in [0, 0.05) is 17.7 Å². The van der Waals surface area contributed by atoms with Crippen LogP contribution >= 0.6 is 0 Å². The Morgan fingerprint density at radius 2 is 2.29 bits per heavy atom. The molecule has 74 valence electrons. The van der Waals surface area contributed by atoms with E-state index in [0.29, 0.717) is 5.56 Å². The summed E-state index contributed by atoms with van der Waals surface area (Å²) in [5.41, 5.74) is 0.545. The average Bonchev–Trinajstić information content (AvgIpc) is 2.12. The maximum Gasteiger partial charge on any atom is 0.270 e. The van der Waals surface area contributed by atoms with Crippen molar-refractivity contribution in [3.8, 4) is 5.75 Å². The zero-order valence-corrected chi connectivity index (χ0v) is 7.47. The second-order valence-electron chi connectivity index (χ2n) is 2.74. The Labute approximate surface area is 79.8 Å². The fraction of sp³-hybridized carbons (Fsp3) is 0.125. The van der Waals surface area contributed by atoms with E-state index >= 15 is 0 Å². The summed E-state index contributed by atoms with van der Waals surface area (Å²) in [6.45, 7) is 1.57. The summed E-state index contributed by atoms with van der Waals surface area (Å²) < 4.78 is 0. The van der Waals surface area contributed by atoms with Crippen molar-refractivity contribution in [3.63, 3.8) is 0 Å². The van der Waals surface area contributed by atoms with Crippen LogP contribution in [-0.4, -0.2) is 16.2 Å². The smallest absolute Gasteiger partial charge is 0.270 e. The van der Waals surface area contributed by atoms with Crippen LogP contribution in [0.1, 0.15) is 11.1 Å². The van der Waals surface area contributed by atoms with Crippen LogP contribution in [0.3, 0.4) is 0 Å². The van der Waals surface area contributed by atoms with Crippen molar-refractivity contribution >= 4 is 11.9 Å². The number of aryl methyl sites for hydroxylation is 1. The van der Waals surface area contributed by atoms with Gasteiger partial charge in [0.15, 0.2) is 0 Å². The number of nitrogens with two attached hydrogens (primary N) is 1. The number of nitro benzene ring substituents is 1. The second-order valence-corrected chi connectivity index (χ2v) is 2.74. The molecule has 0 heterocycles. The maximum absolute atomic E-state index is 10.5. The maximum atomic E-state index is 10.5. The first kappa shape index (κ1) is 9.97. The lowest BCUT2D eigenvalue weighted by molar-refractivity contribution is -0.384. The molecule has 0 aliphatic rings. The van der Waals surface area contributed by atoms with E-state index in [1.807, 2.05) is 0 Å². The zero-order valence-electron chi connectivity index (χ0n) is 7.47. The van der Waals surface area contributed by atoms with E-state index < -0.39 is 4.92 Å². The first-order chi connectivity index (χ1) is 6.56. The number of phenolic OH excluding ortho intramolecular Hbond substituents is 1. The van der Waals surface area contributed by atoms with Crippen molar-refractivity contribution in [1.82, 2.24) is 0 Å². The van der Waals surface area contributed by atoms with Crippen molar-refractivity contribution in [3.05, 3.63) is 33.4 Å². The summed E-state index contributed by atoms with van der Waals surface area (Å²) in [5, 5.41) is 23.1. The molecule has 0 aliphatic heterocycles. The molecule has 14 heavy (non-hydrogen) atoms. The quantitative estimate of drug-likeness (QED) is 0.316. The molecule has 0 spiro atoms. The SMILES string of the molecule is Cc1cc([N+](=O)[O-])cc(C=NN)c1O. The summed E-state index contributed by atoms with van der Waals surface area (Å²) >= 11 is 0. The van der Waals surface area contributed by atoms with Gasteiger partial charge in [-0.3, -0.25) is 10.1 Å². The number of hydrazone groups is 1. The van der Waals surface area contributed by atoms with Gasteiger partial charge in [-0.05, 0) is 12.5 Å². The Morgan fingerprint density at radius 1 is 1.64 bits per heavy atom. The summed E-state index contributed by atoms with van der Waals surface area (Å²) in [6.07, 6.45) is 1.16. The molecule has 0 aliphatic carbocycles. The number of non-ortho nitro benzene ring substituents is 1. The topological polar surface area (TPSA) is 102 Å². The van der Waals surface area contributed by atoms with Crippen LogP contribution in [0.25, 0.3) is 0 Å². The standard InChI is InChI=1S/C8H9N3O3/c1-5-2-7(11(13)14)3-6(4-10-9)8(5)12/h2-4,12H,9H2,1H3. The molecular weight excluding hydrogens is 186 g/mol. The minimum absolute atomic E-state index is 0.0511. The van der Waals surface area contributed by atoms with Gasteiger partial charge in [0.25, 0.3) is 5.69 Å². The van der Waals surface area contributed by atoms with Gasteiger partial charge in [-0.15, -0.1) is 0 Å². The molecular formula is C8H9N3O3. The first-order valence-corrected chi connectivity index (χ1v) is 3.77. The van der Waals surface area contributed by atoms with Crippen molar-refractivity contribution in [2.24, 2.45) is 10.9 Å².